The second-order valence-corrected chi connectivity index (χ2v) is 6.03. The summed E-state index contributed by atoms with van der Waals surface area (Å²) in [5, 5.41) is 2.80. The van der Waals surface area contributed by atoms with Gasteiger partial charge < -0.3 is 10.1 Å². The van der Waals surface area contributed by atoms with Crippen LogP contribution in [0.3, 0.4) is 0 Å². The van der Waals surface area contributed by atoms with E-state index in [-0.39, 0.29) is 18.4 Å². The Kier molecular flexibility index (Phi) is 5.02. The van der Waals surface area contributed by atoms with Gasteiger partial charge in [0.1, 0.15) is 6.04 Å². The number of carbonyl (C=O) groups excluding carboxylic acids is 3. The molecule has 0 fully saturated rings. The van der Waals surface area contributed by atoms with E-state index < -0.39 is 12.0 Å². The van der Waals surface area contributed by atoms with Crippen molar-refractivity contribution in [2.75, 3.05) is 16.8 Å². The smallest absolute Gasteiger partial charge is 0.338 e. The average Bonchev–Trinajstić information content (AvgIpc) is 3.02. The molecule has 1 aliphatic rings. The third-order valence-electron chi connectivity index (χ3n) is 4.26. The zero-order chi connectivity index (χ0) is 18.7. The van der Waals surface area contributed by atoms with E-state index in [1.54, 1.807) is 31.2 Å². The molecule has 3 rings (SSSR count). The number of fused-ring (bicyclic) bond motifs is 1. The summed E-state index contributed by atoms with van der Waals surface area (Å²) in [6.07, 6.45) is 0.457. The summed E-state index contributed by atoms with van der Waals surface area (Å²) >= 11 is 0. The van der Waals surface area contributed by atoms with E-state index in [4.69, 9.17) is 4.74 Å². The molecule has 2 amide bonds. The fourth-order valence-electron chi connectivity index (χ4n) is 3.15. The number of para-hydroxylation sites is 1. The molecule has 0 spiro atoms. The molecule has 0 aliphatic carbocycles. The van der Waals surface area contributed by atoms with Crippen LogP contribution in [-0.2, 0) is 20.7 Å². The molecule has 2 aromatic rings. The summed E-state index contributed by atoms with van der Waals surface area (Å²) in [5.74, 6) is -0.921. The van der Waals surface area contributed by atoms with Crippen LogP contribution < -0.4 is 10.2 Å². The minimum absolute atomic E-state index is 0.185. The quantitative estimate of drug-likeness (QED) is 0.859. The number of nitrogens with zero attached hydrogens (tertiary/aromatic N) is 1. The first-order valence-electron chi connectivity index (χ1n) is 8.47. The van der Waals surface area contributed by atoms with Gasteiger partial charge in [-0.2, -0.15) is 0 Å². The molecule has 0 aromatic heterocycles. The predicted octanol–water partition coefficient (Wildman–Crippen LogP) is 2.78. The number of nitrogens with one attached hydrogen (secondary N) is 1. The molecule has 6 heteroatoms. The van der Waals surface area contributed by atoms with Crippen LogP contribution in [0.2, 0.25) is 0 Å². The highest BCUT2D eigenvalue weighted by atomic mass is 16.5. The van der Waals surface area contributed by atoms with Gasteiger partial charge in [0, 0.05) is 24.7 Å². The van der Waals surface area contributed by atoms with Crippen LogP contribution in [0.5, 0.6) is 0 Å². The van der Waals surface area contributed by atoms with Crippen LogP contribution in [0.4, 0.5) is 11.4 Å². The van der Waals surface area contributed by atoms with Gasteiger partial charge in [0.05, 0.1) is 12.2 Å². The monoisotopic (exact) mass is 352 g/mol. The van der Waals surface area contributed by atoms with Gasteiger partial charge in [-0.15, -0.1) is 0 Å². The Labute approximate surface area is 151 Å². The molecule has 2 aromatic carbocycles. The highest BCUT2D eigenvalue weighted by Gasteiger charge is 2.36. The van der Waals surface area contributed by atoms with E-state index in [1.165, 1.54) is 11.8 Å². The lowest BCUT2D eigenvalue weighted by atomic mass is 10.1. The normalized spacial score (nSPS) is 15.3. The van der Waals surface area contributed by atoms with E-state index in [9.17, 15) is 14.4 Å². The standard InChI is InChI=1S/C20H20N2O4/c1-3-26-20(25)15-8-6-9-16(11-15)21-19(24)18-12-14-7-4-5-10-17(14)22(18)13(2)23/h4-11,18H,3,12H2,1-2H3,(H,21,24)/t18-/m0/s1. The third-order valence-corrected chi connectivity index (χ3v) is 4.26. The molecular weight excluding hydrogens is 332 g/mol. The van der Waals surface area contributed by atoms with Gasteiger partial charge in [-0.1, -0.05) is 24.3 Å². The highest BCUT2D eigenvalue weighted by Crippen LogP contribution is 2.32. The van der Waals surface area contributed by atoms with E-state index in [0.29, 0.717) is 17.7 Å². The van der Waals surface area contributed by atoms with Gasteiger partial charge in [0.2, 0.25) is 11.8 Å². The summed E-state index contributed by atoms with van der Waals surface area (Å²) < 4.78 is 4.97. The number of rotatable bonds is 4. The molecule has 1 atom stereocenters. The lowest BCUT2D eigenvalue weighted by Crippen LogP contribution is -2.44. The summed E-state index contributed by atoms with van der Waals surface area (Å²) in [6, 6.07) is 13.4. The van der Waals surface area contributed by atoms with Crippen molar-refractivity contribution in [2.24, 2.45) is 0 Å². The van der Waals surface area contributed by atoms with Gasteiger partial charge in [-0.05, 0) is 36.8 Å². The Morgan fingerprint density at radius 2 is 1.92 bits per heavy atom. The number of amides is 2. The maximum Gasteiger partial charge on any atom is 0.338 e. The second-order valence-electron chi connectivity index (χ2n) is 6.03. The minimum atomic E-state index is -0.615. The van der Waals surface area contributed by atoms with Crippen molar-refractivity contribution in [3.63, 3.8) is 0 Å². The maximum atomic E-state index is 12.8. The average molecular weight is 352 g/mol. The maximum absolute atomic E-state index is 12.8. The molecule has 134 valence electrons. The van der Waals surface area contributed by atoms with Gasteiger partial charge in [-0.25, -0.2) is 4.79 Å². The predicted molar refractivity (Wildman–Crippen MR) is 98.1 cm³/mol. The molecule has 6 nitrogen and oxygen atoms in total. The van der Waals surface area contributed by atoms with Crippen LogP contribution in [0.25, 0.3) is 0 Å². The first-order valence-corrected chi connectivity index (χ1v) is 8.47. The fourth-order valence-corrected chi connectivity index (χ4v) is 3.15. The highest BCUT2D eigenvalue weighted by molar-refractivity contribution is 6.06. The van der Waals surface area contributed by atoms with Crippen molar-refractivity contribution < 1.29 is 19.1 Å². The van der Waals surface area contributed by atoms with E-state index in [0.717, 1.165) is 11.3 Å². The Bertz CT molecular complexity index is 862. The summed E-state index contributed by atoms with van der Waals surface area (Å²) in [4.78, 5) is 38.2. The number of esters is 1. The lowest BCUT2D eigenvalue weighted by Gasteiger charge is -2.23. The molecule has 1 aliphatic heterocycles. The summed E-state index contributed by atoms with van der Waals surface area (Å²) in [7, 11) is 0. The molecule has 0 bridgehead atoms. The van der Waals surface area contributed by atoms with Crippen LogP contribution in [0, 0.1) is 0 Å². The van der Waals surface area contributed by atoms with Crippen molar-refractivity contribution in [1.82, 2.24) is 0 Å². The topological polar surface area (TPSA) is 75.7 Å². The third kappa shape index (κ3) is 3.44. The molecular formula is C20H20N2O4. The second kappa shape index (κ2) is 7.39. The minimum Gasteiger partial charge on any atom is -0.462 e. The molecule has 0 saturated carbocycles. The first-order chi connectivity index (χ1) is 12.5. The summed E-state index contributed by atoms with van der Waals surface area (Å²) in [6.45, 7) is 3.46. The zero-order valence-electron chi connectivity index (χ0n) is 14.7. The zero-order valence-corrected chi connectivity index (χ0v) is 14.7. The van der Waals surface area contributed by atoms with Crippen molar-refractivity contribution in [1.29, 1.82) is 0 Å². The molecule has 0 unspecified atom stereocenters. The van der Waals surface area contributed by atoms with Crippen LogP contribution in [0.15, 0.2) is 48.5 Å². The van der Waals surface area contributed by atoms with Gasteiger partial charge in [0.15, 0.2) is 0 Å². The van der Waals surface area contributed by atoms with E-state index in [2.05, 4.69) is 5.32 Å². The number of ether oxygens (including phenoxy) is 1. The number of anilines is 2. The van der Waals surface area contributed by atoms with Gasteiger partial charge in [-0.3, -0.25) is 14.5 Å². The fraction of sp³-hybridized carbons (Fsp3) is 0.250. The van der Waals surface area contributed by atoms with Crippen molar-refractivity contribution in [3.05, 3.63) is 59.7 Å². The number of hydrogen-bond donors (Lipinski definition) is 1. The van der Waals surface area contributed by atoms with Crippen LogP contribution in [-0.4, -0.2) is 30.4 Å². The van der Waals surface area contributed by atoms with Gasteiger partial charge in [0.25, 0.3) is 0 Å². The molecule has 1 N–H and O–H groups in total. The lowest BCUT2D eigenvalue weighted by molar-refractivity contribution is -0.122. The van der Waals surface area contributed by atoms with Crippen molar-refractivity contribution in [3.8, 4) is 0 Å². The number of carbonyl (C=O) groups is 3. The first kappa shape index (κ1) is 17.7. The van der Waals surface area contributed by atoms with Crippen LogP contribution in [0.1, 0.15) is 29.8 Å². The Morgan fingerprint density at radius 1 is 1.15 bits per heavy atom. The molecule has 0 saturated heterocycles. The van der Waals surface area contributed by atoms with E-state index in [1.807, 2.05) is 24.3 Å². The summed E-state index contributed by atoms with van der Waals surface area (Å²) in [5.41, 5.74) is 2.58. The van der Waals surface area contributed by atoms with Gasteiger partial charge >= 0.3 is 5.97 Å². The van der Waals surface area contributed by atoms with Crippen LogP contribution >= 0.6 is 0 Å². The Hall–Kier alpha value is -3.15. The van der Waals surface area contributed by atoms with E-state index >= 15 is 0 Å². The number of benzene rings is 2. The molecule has 0 radical (unpaired) electrons. The molecule has 1 heterocycles. The largest absolute Gasteiger partial charge is 0.462 e. The Morgan fingerprint density at radius 3 is 2.65 bits per heavy atom. The van der Waals surface area contributed by atoms with Crippen molar-refractivity contribution >= 4 is 29.2 Å². The van der Waals surface area contributed by atoms with Crippen molar-refractivity contribution in [2.45, 2.75) is 26.3 Å². The Balaban J connectivity index is 1.79. The number of hydrogen-bond acceptors (Lipinski definition) is 4. The SMILES string of the molecule is CCOC(=O)c1cccc(NC(=O)[C@@H]2Cc3ccccc3N2C(C)=O)c1. The molecule has 26 heavy (non-hydrogen) atoms.